The van der Waals surface area contributed by atoms with Crippen molar-refractivity contribution < 1.29 is 28.2 Å². The maximum Gasteiger partial charge on any atom is 0.330 e. The topological polar surface area (TPSA) is 146 Å². The summed E-state index contributed by atoms with van der Waals surface area (Å²) in [5.74, 6) is 0.993. The van der Waals surface area contributed by atoms with E-state index in [0.717, 1.165) is 36.0 Å². The van der Waals surface area contributed by atoms with Crippen LogP contribution in [-0.4, -0.2) is 58.1 Å². The smallest absolute Gasteiger partial charge is 0.330 e. The standard InChI is InChI=1S/C43H70N5O6P/c1-5-6-7-8-9-10-11-12-13-14-15-16-17-18-19-20-21-22-40(51-31-36-23-24-37(30-44)42(29-36)54-35(2)3)33-53-55(49)52-32-39(50-4)27-25-38-26-28-41-43(45)46-34-47-48(38)41/h23-24,26,28-29,34-35,39-40,49H,5-22,25,27,31-33H2,1-4H3,(H2,45,46,47). The number of benzene rings is 1. The number of nitrogens with two attached hydrogens (primary N) is 1. The number of hydrogen-bond acceptors (Lipinski definition) is 10. The Morgan fingerprint density at radius 1 is 0.818 bits per heavy atom. The van der Waals surface area contributed by atoms with Crippen LogP contribution in [0.2, 0.25) is 0 Å². The summed E-state index contributed by atoms with van der Waals surface area (Å²) in [4.78, 5) is 14.7. The Kier molecular flexibility index (Phi) is 24.1. The second-order valence-corrected chi connectivity index (χ2v) is 16.0. The number of anilines is 1. The van der Waals surface area contributed by atoms with E-state index in [9.17, 15) is 10.2 Å². The van der Waals surface area contributed by atoms with E-state index in [0.29, 0.717) is 36.6 Å². The lowest BCUT2D eigenvalue weighted by atomic mass is 10.0. The van der Waals surface area contributed by atoms with Gasteiger partial charge in [0, 0.05) is 12.8 Å². The minimum atomic E-state index is -2.12. The number of nitrogen functional groups attached to an aromatic ring is 1. The molecule has 3 N–H and O–H groups in total. The molecule has 0 aliphatic heterocycles. The van der Waals surface area contributed by atoms with E-state index < -0.39 is 8.60 Å². The molecule has 308 valence electrons. The molecule has 0 amide bonds. The third-order valence-corrected chi connectivity index (χ3v) is 10.7. The molecule has 12 heteroatoms. The molecule has 3 rings (SSSR count). The first-order chi connectivity index (χ1) is 26.8. The summed E-state index contributed by atoms with van der Waals surface area (Å²) < 4.78 is 31.2. The van der Waals surface area contributed by atoms with Crippen molar-refractivity contribution in [3.8, 4) is 11.8 Å². The van der Waals surface area contributed by atoms with Gasteiger partial charge in [-0.05, 0) is 62.9 Å². The highest BCUT2D eigenvalue weighted by Gasteiger charge is 2.19. The second kappa shape index (κ2) is 28.5. The third kappa shape index (κ3) is 19.2. The van der Waals surface area contributed by atoms with Gasteiger partial charge in [-0.3, -0.25) is 0 Å². The molecule has 2 aromatic heterocycles. The molecule has 11 nitrogen and oxygen atoms in total. The number of ether oxygens (including phenoxy) is 3. The van der Waals surface area contributed by atoms with Crippen LogP contribution in [0.4, 0.5) is 5.82 Å². The van der Waals surface area contributed by atoms with Crippen molar-refractivity contribution in [3.05, 3.63) is 53.5 Å². The fourth-order valence-electron chi connectivity index (χ4n) is 6.73. The van der Waals surface area contributed by atoms with E-state index in [2.05, 4.69) is 23.1 Å². The van der Waals surface area contributed by atoms with Crippen molar-refractivity contribution in [1.29, 1.82) is 5.26 Å². The third-order valence-electron chi connectivity index (χ3n) is 10.0. The summed E-state index contributed by atoms with van der Waals surface area (Å²) in [5.41, 5.74) is 9.14. The molecule has 3 atom stereocenters. The summed E-state index contributed by atoms with van der Waals surface area (Å²) in [6.07, 6.45) is 25.7. The minimum absolute atomic E-state index is 0.0477. The first-order valence-electron chi connectivity index (χ1n) is 21.0. The number of methoxy groups -OCH3 is 1. The summed E-state index contributed by atoms with van der Waals surface area (Å²) in [5, 5.41) is 13.8. The van der Waals surface area contributed by atoms with E-state index in [1.54, 1.807) is 17.7 Å². The Balaban J connectivity index is 1.38. The van der Waals surface area contributed by atoms with Crippen molar-refractivity contribution in [3.63, 3.8) is 0 Å². The summed E-state index contributed by atoms with van der Waals surface area (Å²) >= 11 is 0. The Morgan fingerprint density at radius 2 is 1.42 bits per heavy atom. The minimum Gasteiger partial charge on any atom is -0.490 e. The summed E-state index contributed by atoms with van der Waals surface area (Å²) in [7, 11) is -0.492. The van der Waals surface area contributed by atoms with Gasteiger partial charge >= 0.3 is 8.60 Å². The van der Waals surface area contributed by atoms with E-state index in [1.807, 2.05) is 38.1 Å². The molecule has 3 aromatic rings. The van der Waals surface area contributed by atoms with Crippen LogP contribution in [0.25, 0.3) is 5.52 Å². The summed E-state index contributed by atoms with van der Waals surface area (Å²) in [6.45, 7) is 6.90. The van der Waals surface area contributed by atoms with Gasteiger partial charge < -0.3 is 33.9 Å². The van der Waals surface area contributed by atoms with Gasteiger partial charge in [-0.1, -0.05) is 122 Å². The number of unbranched alkanes of at least 4 members (excludes halogenated alkanes) is 16. The average Bonchev–Trinajstić information content (AvgIpc) is 3.60. The Hall–Kier alpha value is -2.84. The second-order valence-electron chi connectivity index (χ2n) is 15.0. The SMILES string of the molecule is CCCCCCCCCCCCCCCCCCCC(COP(O)OCC(CCc1ccc2c(N)ncnn12)OC)OCc1ccc(C#N)c(OC(C)C)c1. The zero-order valence-electron chi connectivity index (χ0n) is 34.3. The number of rotatable bonds is 33. The van der Waals surface area contributed by atoms with E-state index in [1.165, 1.54) is 103 Å². The van der Waals surface area contributed by atoms with Gasteiger partial charge in [-0.15, -0.1) is 0 Å². The molecule has 0 aliphatic carbocycles. The molecule has 1 aromatic carbocycles. The van der Waals surface area contributed by atoms with Crippen LogP contribution in [0.15, 0.2) is 36.7 Å². The molecular formula is C43H70N5O6P. The molecule has 0 radical (unpaired) electrons. The van der Waals surface area contributed by atoms with Crippen molar-refractivity contribution >= 4 is 19.9 Å². The normalized spacial score (nSPS) is 13.3. The summed E-state index contributed by atoms with van der Waals surface area (Å²) in [6, 6.07) is 11.6. The number of nitrogens with zero attached hydrogens (tertiary/aromatic N) is 4. The number of nitriles is 1. The molecule has 55 heavy (non-hydrogen) atoms. The van der Waals surface area contributed by atoms with Gasteiger partial charge in [-0.2, -0.15) is 10.4 Å². The van der Waals surface area contributed by atoms with Crippen molar-refractivity contribution in [2.24, 2.45) is 0 Å². The Morgan fingerprint density at radius 3 is 2.00 bits per heavy atom. The van der Waals surface area contributed by atoms with Crippen LogP contribution >= 0.6 is 8.60 Å². The van der Waals surface area contributed by atoms with Gasteiger partial charge in [0.15, 0.2) is 5.82 Å². The van der Waals surface area contributed by atoms with Gasteiger partial charge in [0.05, 0.1) is 43.7 Å². The Labute approximate surface area is 332 Å². The van der Waals surface area contributed by atoms with Crippen molar-refractivity contribution in [2.75, 3.05) is 26.1 Å². The molecule has 0 aliphatic rings. The van der Waals surface area contributed by atoms with Crippen LogP contribution in [-0.2, 0) is 31.5 Å². The first kappa shape index (κ1) is 46.5. The number of hydrogen-bond donors (Lipinski definition) is 2. The lowest BCUT2D eigenvalue weighted by Crippen LogP contribution is -2.21. The van der Waals surface area contributed by atoms with Crippen LogP contribution in [0.5, 0.6) is 5.75 Å². The Bertz CT molecular complexity index is 1480. The molecule has 0 bridgehead atoms. The maximum absolute atomic E-state index is 10.7. The van der Waals surface area contributed by atoms with Crippen LogP contribution in [0.3, 0.4) is 0 Å². The van der Waals surface area contributed by atoms with Gasteiger partial charge in [0.25, 0.3) is 0 Å². The molecular weight excluding hydrogens is 713 g/mol. The zero-order valence-corrected chi connectivity index (χ0v) is 35.2. The van der Waals surface area contributed by atoms with Crippen LogP contribution in [0, 0.1) is 11.3 Å². The predicted molar refractivity (Wildman–Crippen MR) is 222 cm³/mol. The molecule has 2 heterocycles. The number of aromatic nitrogens is 3. The van der Waals surface area contributed by atoms with Crippen molar-refractivity contribution in [2.45, 2.75) is 174 Å². The molecule has 0 saturated heterocycles. The highest BCUT2D eigenvalue weighted by molar-refractivity contribution is 7.40. The van der Waals surface area contributed by atoms with Gasteiger partial charge in [-0.25, -0.2) is 9.50 Å². The lowest BCUT2D eigenvalue weighted by molar-refractivity contribution is -0.00535. The average molecular weight is 784 g/mol. The molecule has 0 saturated carbocycles. The van der Waals surface area contributed by atoms with E-state index in [4.69, 9.17) is 29.0 Å². The largest absolute Gasteiger partial charge is 0.490 e. The molecule has 0 spiro atoms. The lowest BCUT2D eigenvalue weighted by Gasteiger charge is -2.21. The number of aryl methyl sites for hydroxylation is 1. The van der Waals surface area contributed by atoms with E-state index in [-0.39, 0.29) is 31.5 Å². The zero-order chi connectivity index (χ0) is 39.5. The van der Waals surface area contributed by atoms with Crippen LogP contribution < -0.4 is 10.5 Å². The van der Waals surface area contributed by atoms with Crippen molar-refractivity contribution in [1.82, 2.24) is 14.6 Å². The molecule has 3 unspecified atom stereocenters. The van der Waals surface area contributed by atoms with Gasteiger partial charge in [0.2, 0.25) is 0 Å². The highest BCUT2D eigenvalue weighted by Crippen LogP contribution is 2.34. The van der Waals surface area contributed by atoms with Crippen LogP contribution in [0.1, 0.15) is 160 Å². The maximum atomic E-state index is 10.7. The van der Waals surface area contributed by atoms with Gasteiger partial charge in [0.1, 0.15) is 23.7 Å². The quantitative estimate of drug-likeness (QED) is 0.0452. The molecule has 0 fully saturated rings. The van der Waals surface area contributed by atoms with E-state index >= 15 is 0 Å². The highest BCUT2D eigenvalue weighted by atomic mass is 31.2. The first-order valence-corrected chi connectivity index (χ1v) is 22.1. The number of fused-ring (bicyclic) bond motifs is 1. The fourth-order valence-corrected chi connectivity index (χ4v) is 7.39. The predicted octanol–water partition coefficient (Wildman–Crippen LogP) is 10.8. The fraction of sp³-hybridized carbons (Fsp3) is 0.698. The monoisotopic (exact) mass is 784 g/mol.